The van der Waals surface area contributed by atoms with Crippen LogP contribution >= 0.6 is 35.3 Å². The van der Waals surface area contributed by atoms with Gasteiger partial charge in [0, 0.05) is 50.9 Å². The van der Waals surface area contributed by atoms with Gasteiger partial charge in [-0.25, -0.2) is 4.98 Å². The van der Waals surface area contributed by atoms with Gasteiger partial charge < -0.3 is 20.3 Å². The van der Waals surface area contributed by atoms with Gasteiger partial charge in [0.2, 0.25) is 0 Å². The predicted octanol–water partition coefficient (Wildman–Crippen LogP) is 3.37. The van der Waals surface area contributed by atoms with Crippen LogP contribution < -0.4 is 10.6 Å². The van der Waals surface area contributed by atoms with Crippen molar-refractivity contribution in [3.8, 4) is 0 Å². The molecule has 1 saturated heterocycles. The lowest BCUT2D eigenvalue weighted by atomic mass is 10.1. The molecular formula is C19H28IN5OS. The molecule has 1 unspecified atom stereocenters. The van der Waals surface area contributed by atoms with Crippen molar-refractivity contribution in [1.29, 1.82) is 0 Å². The van der Waals surface area contributed by atoms with Crippen molar-refractivity contribution < 1.29 is 4.74 Å². The van der Waals surface area contributed by atoms with E-state index in [1.807, 2.05) is 29.8 Å². The average molecular weight is 501 g/mol. The molecule has 0 saturated carbocycles. The fourth-order valence-electron chi connectivity index (χ4n) is 2.94. The summed E-state index contributed by atoms with van der Waals surface area (Å²) < 4.78 is 5.87. The first-order chi connectivity index (χ1) is 12.7. The molecule has 1 aromatic carbocycles. The summed E-state index contributed by atoms with van der Waals surface area (Å²) in [6.07, 6.45) is 2.83. The number of guanidine groups is 1. The summed E-state index contributed by atoms with van der Waals surface area (Å²) in [5, 5.41) is 3.10. The molecule has 8 heteroatoms. The lowest BCUT2D eigenvalue weighted by molar-refractivity contribution is 0.0651. The van der Waals surface area contributed by atoms with Gasteiger partial charge in [-0.2, -0.15) is 0 Å². The maximum absolute atomic E-state index is 6.15. The molecule has 148 valence electrons. The van der Waals surface area contributed by atoms with Gasteiger partial charge >= 0.3 is 0 Å². The molecule has 0 radical (unpaired) electrons. The molecule has 1 aliphatic rings. The number of thiazole rings is 1. The number of anilines is 1. The van der Waals surface area contributed by atoms with Gasteiger partial charge in [-0.3, -0.25) is 4.99 Å². The minimum absolute atomic E-state index is 0. The minimum atomic E-state index is 0. The Kier molecular flexibility index (Phi) is 9.29. The highest BCUT2D eigenvalue weighted by atomic mass is 127. The third-order valence-electron chi connectivity index (χ3n) is 4.51. The number of aliphatic imine (C=N–C) groups is 1. The molecule has 1 aromatic heterocycles. The fourth-order valence-corrected chi connectivity index (χ4v) is 3.63. The van der Waals surface area contributed by atoms with Crippen LogP contribution in [0.1, 0.15) is 25.0 Å². The third-order valence-corrected chi connectivity index (χ3v) is 5.34. The minimum Gasteiger partial charge on any atom is -0.374 e. The molecule has 0 bridgehead atoms. The van der Waals surface area contributed by atoms with Gasteiger partial charge in [0.25, 0.3) is 0 Å². The Hall–Kier alpha value is -1.39. The van der Waals surface area contributed by atoms with Crippen LogP contribution in [0.4, 0.5) is 5.13 Å². The monoisotopic (exact) mass is 501 g/mol. The summed E-state index contributed by atoms with van der Waals surface area (Å²) >= 11 is 1.68. The predicted molar refractivity (Wildman–Crippen MR) is 123 cm³/mol. The first kappa shape index (κ1) is 21.9. The van der Waals surface area contributed by atoms with E-state index in [4.69, 9.17) is 10.5 Å². The molecule has 27 heavy (non-hydrogen) atoms. The molecule has 0 spiro atoms. The van der Waals surface area contributed by atoms with E-state index in [0.29, 0.717) is 19.1 Å². The summed E-state index contributed by atoms with van der Waals surface area (Å²) in [6, 6.07) is 10.3. The second-order valence-corrected chi connectivity index (χ2v) is 7.18. The molecule has 1 atom stereocenters. The van der Waals surface area contributed by atoms with Crippen LogP contribution in [0.3, 0.4) is 0 Å². The number of hydrogen-bond acceptors (Lipinski definition) is 5. The molecule has 2 N–H and O–H groups in total. The number of ether oxygens (including phenoxy) is 1. The fraction of sp³-hybridized carbons (Fsp3) is 0.474. The molecule has 2 aromatic rings. The highest BCUT2D eigenvalue weighted by Gasteiger charge is 2.19. The number of hydrogen-bond donors (Lipinski definition) is 1. The second kappa shape index (κ2) is 11.5. The van der Waals surface area contributed by atoms with E-state index in [1.54, 1.807) is 11.3 Å². The highest BCUT2D eigenvalue weighted by molar-refractivity contribution is 14.0. The van der Waals surface area contributed by atoms with Gasteiger partial charge in [-0.1, -0.05) is 30.3 Å². The summed E-state index contributed by atoms with van der Waals surface area (Å²) in [5.41, 5.74) is 7.35. The summed E-state index contributed by atoms with van der Waals surface area (Å²) in [5.74, 6) is 0.639. The van der Waals surface area contributed by atoms with Crippen LogP contribution in [-0.2, 0) is 4.74 Å². The summed E-state index contributed by atoms with van der Waals surface area (Å²) in [6.45, 7) is 7.09. The Morgan fingerprint density at radius 1 is 1.26 bits per heavy atom. The first-order valence-corrected chi connectivity index (χ1v) is 9.98. The van der Waals surface area contributed by atoms with E-state index < -0.39 is 0 Å². The Bertz CT molecular complexity index is 675. The SMILES string of the molecule is CC(OCCCN=C(N)N1CCN(c2nccs2)CC1)c1ccccc1.I. The van der Waals surface area contributed by atoms with Crippen LogP contribution in [-0.4, -0.2) is 55.2 Å². The quantitative estimate of drug-likeness (QED) is 0.273. The van der Waals surface area contributed by atoms with Crippen LogP contribution in [0.15, 0.2) is 46.9 Å². The number of aromatic nitrogens is 1. The van der Waals surface area contributed by atoms with E-state index in [9.17, 15) is 0 Å². The largest absolute Gasteiger partial charge is 0.374 e. The van der Waals surface area contributed by atoms with Gasteiger partial charge in [-0.05, 0) is 18.9 Å². The van der Waals surface area contributed by atoms with Crippen molar-refractivity contribution in [3.63, 3.8) is 0 Å². The standard InChI is InChI=1S/C19H27N5OS.HI/c1-16(17-6-3-2-4-7-17)25-14-5-8-21-18(20)23-10-12-24(13-11-23)19-22-9-15-26-19;/h2-4,6-7,9,15-16H,5,8,10-14H2,1H3,(H2,20,21);1H. The Labute approximate surface area is 182 Å². The third kappa shape index (κ3) is 6.62. The zero-order valence-corrected chi connectivity index (χ0v) is 18.8. The van der Waals surface area contributed by atoms with E-state index in [1.165, 1.54) is 5.56 Å². The van der Waals surface area contributed by atoms with Crippen LogP contribution in [0.5, 0.6) is 0 Å². The molecule has 3 rings (SSSR count). The van der Waals surface area contributed by atoms with Crippen molar-refractivity contribution in [1.82, 2.24) is 9.88 Å². The Balaban J connectivity index is 0.00000261. The second-order valence-electron chi connectivity index (χ2n) is 6.31. The number of benzene rings is 1. The molecule has 1 fully saturated rings. The Morgan fingerprint density at radius 3 is 2.67 bits per heavy atom. The normalized spacial score (nSPS) is 16.1. The van der Waals surface area contributed by atoms with Crippen molar-refractivity contribution in [3.05, 3.63) is 47.5 Å². The number of halogens is 1. The van der Waals surface area contributed by atoms with Crippen LogP contribution in [0.2, 0.25) is 0 Å². The van der Waals surface area contributed by atoms with Crippen molar-refractivity contribution >= 4 is 46.4 Å². The van der Waals surface area contributed by atoms with E-state index >= 15 is 0 Å². The van der Waals surface area contributed by atoms with Crippen LogP contribution in [0.25, 0.3) is 0 Å². The number of nitrogens with zero attached hydrogens (tertiary/aromatic N) is 4. The maximum Gasteiger partial charge on any atom is 0.191 e. The molecule has 1 aliphatic heterocycles. The molecule has 6 nitrogen and oxygen atoms in total. The van der Waals surface area contributed by atoms with Gasteiger partial charge in [0.05, 0.1) is 6.10 Å². The number of piperazine rings is 1. The Morgan fingerprint density at radius 2 is 2.00 bits per heavy atom. The molecule has 0 amide bonds. The van der Waals surface area contributed by atoms with Gasteiger partial charge in [0.1, 0.15) is 0 Å². The van der Waals surface area contributed by atoms with Gasteiger partial charge in [0.15, 0.2) is 11.1 Å². The lowest BCUT2D eigenvalue weighted by Gasteiger charge is -2.35. The molecule has 0 aliphatic carbocycles. The molecular weight excluding hydrogens is 473 g/mol. The lowest BCUT2D eigenvalue weighted by Crippen LogP contribution is -2.51. The highest BCUT2D eigenvalue weighted by Crippen LogP contribution is 2.19. The first-order valence-electron chi connectivity index (χ1n) is 9.10. The van der Waals surface area contributed by atoms with Gasteiger partial charge in [-0.15, -0.1) is 35.3 Å². The van der Waals surface area contributed by atoms with Crippen molar-refractivity contribution in [2.24, 2.45) is 10.7 Å². The van der Waals surface area contributed by atoms with Crippen molar-refractivity contribution in [2.45, 2.75) is 19.4 Å². The average Bonchev–Trinajstić information content (AvgIpc) is 3.23. The van der Waals surface area contributed by atoms with E-state index in [0.717, 1.165) is 37.7 Å². The zero-order valence-electron chi connectivity index (χ0n) is 15.7. The maximum atomic E-state index is 6.15. The topological polar surface area (TPSA) is 67.0 Å². The number of rotatable bonds is 7. The van der Waals surface area contributed by atoms with Crippen molar-refractivity contribution in [2.75, 3.05) is 44.2 Å². The van der Waals surface area contributed by atoms with E-state index in [-0.39, 0.29) is 30.1 Å². The number of nitrogens with two attached hydrogens (primary N) is 1. The van der Waals surface area contributed by atoms with E-state index in [2.05, 4.69) is 38.8 Å². The summed E-state index contributed by atoms with van der Waals surface area (Å²) in [4.78, 5) is 13.3. The molecule has 2 heterocycles. The smallest absolute Gasteiger partial charge is 0.191 e. The van der Waals surface area contributed by atoms with Crippen LogP contribution in [0, 0.1) is 0 Å². The zero-order chi connectivity index (χ0) is 18.2. The summed E-state index contributed by atoms with van der Waals surface area (Å²) in [7, 11) is 0.